The van der Waals surface area contributed by atoms with E-state index in [1.807, 2.05) is 0 Å². The van der Waals surface area contributed by atoms with E-state index in [0.29, 0.717) is 6.10 Å². The summed E-state index contributed by atoms with van der Waals surface area (Å²) >= 11 is 0. The van der Waals surface area contributed by atoms with E-state index in [-0.39, 0.29) is 0 Å². The molecule has 1 saturated heterocycles. The Labute approximate surface area is 164 Å². The third kappa shape index (κ3) is 3.67. The Balaban J connectivity index is 1.30. The van der Waals surface area contributed by atoms with E-state index in [1.165, 1.54) is 24.9 Å². The van der Waals surface area contributed by atoms with Crippen LogP contribution in [0.5, 0.6) is 5.88 Å². The second kappa shape index (κ2) is 7.75. The summed E-state index contributed by atoms with van der Waals surface area (Å²) in [6.07, 6.45) is 9.86. The predicted molar refractivity (Wildman–Crippen MR) is 106 cm³/mol. The predicted octanol–water partition coefficient (Wildman–Crippen LogP) is 3.26. The van der Waals surface area contributed by atoms with Gasteiger partial charge in [-0.05, 0) is 43.9 Å². The maximum absolute atomic E-state index is 6.21. The second-order valence-corrected chi connectivity index (χ2v) is 7.65. The summed E-state index contributed by atoms with van der Waals surface area (Å²) in [7, 11) is 0. The zero-order chi connectivity index (χ0) is 18.8. The largest absolute Gasteiger partial charge is 0.474 e. The van der Waals surface area contributed by atoms with Crippen molar-refractivity contribution in [3.8, 4) is 5.88 Å². The van der Waals surface area contributed by atoms with Crippen molar-refractivity contribution in [3.05, 3.63) is 42.9 Å². The van der Waals surface area contributed by atoms with Crippen LogP contribution in [0.1, 0.15) is 31.4 Å². The molecule has 2 aromatic heterocycles. The smallest absolute Gasteiger partial charge is 0.224 e. The summed E-state index contributed by atoms with van der Waals surface area (Å²) in [4.78, 5) is 17.9. The summed E-state index contributed by atoms with van der Waals surface area (Å²) in [5, 5.41) is 1.01. The Morgan fingerprint density at radius 2 is 1.89 bits per heavy atom. The van der Waals surface area contributed by atoms with Gasteiger partial charge in [-0.2, -0.15) is 0 Å². The van der Waals surface area contributed by atoms with Crippen molar-refractivity contribution in [2.24, 2.45) is 0 Å². The van der Waals surface area contributed by atoms with Crippen LogP contribution in [0.25, 0.3) is 10.9 Å². The minimum atomic E-state index is 0.293. The summed E-state index contributed by atoms with van der Waals surface area (Å²) in [5.41, 5.74) is 3.14. The van der Waals surface area contributed by atoms with E-state index in [4.69, 9.17) is 9.15 Å². The fourth-order valence-corrected chi connectivity index (χ4v) is 4.18. The fraction of sp³-hybridized carbons (Fsp3) is 0.476. The molecule has 5 rings (SSSR count). The minimum absolute atomic E-state index is 0.293. The molecule has 28 heavy (non-hydrogen) atoms. The molecule has 0 amide bonds. The Hall–Kier alpha value is -2.67. The molecule has 0 bridgehead atoms. The quantitative estimate of drug-likeness (QED) is 0.674. The normalized spacial score (nSPS) is 18.8. The lowest BCUT2D eigenvalue weighted by molar-refractivity contribution is 0.204. The molecule has 1 aliphatic heterocycles. The van der Waals surface area contributed by atoms with Gasteiger partial charge in [0.1, 0.15) is 18.7 Å². The van der Waals surface area contributed by atoms with Crippen molar-refractivity contribution in [1.82, 2.24) is 19.9 Å². The molecule has 2 fully saturated rings. The Bertz CT molecular complexity index is 916. The van der Waals surface area contributed by atoms with Crippen molar-refractivity contribution in [2.45, 2.75) is 38.3 Å². The first-order valence-electron chi connectivity index (χ1n) is 10.1. The SMILES string of the molecule is c1nc(OC2CCCC2)c2cc(N3CCN(Cc4cocn4)CC3)ccc2n1. The lowest BCUT2D eigenvalue weighted by Gasteiger charge is -2.35. The van der Waals surface area contributed by atoms with Crippen LogP contribution in [0.2, 0.25) is 0 Å². The molecule has 0 atom stereocenters. The van der Waals surface area contributed by atoms with Crippen LogP contribution >= 0.6 is 0 Å². The van der Waals surface area contributed by atoms with Crippen LogP contribution in [0.15, 0.2) is 41.6 Å². The molecule has 146 valence electrons. The number of rotatable bonds is 5. The summed E-state index contributed by atoms with van der Waals surface area (Å²) < 4.78 is 11.3. The average molecular weight is 379 g/mol. The van der Waals surface area contributed by atoms with Gasteiger partial charge in [0.15, 0.2) is 6.39 Å². The number of oxazole rings is 1. The lowest BCUT2D eigenvalue weighted by atomic mass is 10.1. The van der Waals surface area contributed by atoms with Gasteiger partial charge in [-0.3, -0.25) is 4.90 Å². The molecule has 0 N–H and O–H groups in total. The highest BCUT2D eigenvalue weighted by atomic mass is 16.5. The Kier molecular flexibility index (Phi) is 4.83. The first kappa shape index (κ1) is 17.4. The number of aromatic nitrogens is 3. The zero-order valence-electron chi connectivity index (χ0n) is 16.0. The zero-order valence-corrected chi connectivity index (χ0v) is 16.0. The molecule has 0 radical (unpaired) electrons. The van der Waals surface area contributed by atoms with Gasteiger partial charge in [0.05, 0.1) is 16.6 Å². The van der Waals surface area contributed by atoms with E-state index in [2.05, 4.69) is 43.0 Å². The molecule has 2 aliphatic rings. The molecule has 7 heteroatoms. The van der Waals surface area contributed by atoms with E-state index < -0.39 is 0 Å². The molecule has 1 aliphatic carbocycles. The Morgan fingerprint density at radius 3 is 2.68 bits per heavy atom. The monoisotopic (exact) mass is 379 g/mol. The number of piperazine rings is 1. The third-order valence-electron chi connectivity index (χ3n) is 5.77. The van der Waals surface area contributed by atoms with Gasteiger partial charge in [0, 0.05) is 38.4 Å². The number of hydrogen-bond donors (Lipinski definition) is 0. The van der Waals surface area contributed by atoms with E-state index in [0.717, 1.165) is 68.0 Å². The molecular formula is C21H25N5O2. The third-order valence-corrected chi connectivity index (χ3v) is 5.77. The molecule has 0 unspecified atom stereocenters. The maximum Gasteiger partial charge on any atom is 0.224 e. The highest BCUT2D eigenvalue weighted by Crippen LogP contribution is 2.30. The highest BCUT2D eigenvalue weighted by Gasteiger charge is 2.21. The topological polar surface area (TPSA) is 67.5 Å². The maximum atomic E-state index is 6.21. The van der Waals surface area contributed by atoms with Gasteiger partial charge in [0.25, 0.3) is 0 Å². The summed E-state index contributed by atoms with van der Waals surface area (Å²) in [6, 6.07) is 6.42. The molecule has 3 heterocycles. The van der Waals surface area contributed by atoms with Crippen molar-refractivity contribution in [1.29, 1.82) is 0 Å². The molecule has 1 aromatic carbocycles. The minimum Gasteiger partial charge on any atom is -0.474 e. The second-order valence-electron chi connectivity index (χ2n) is 7.65. The summed E-state index contributed by atoms with van der Waals surface area (Å²) in [5.74, 6) is 0.725. The van der Waals surface area contributed by atoms with Crippen molar-refractivity contribution < 1.29 is 9.15 Å². The summed E-state index contributed by atoms with van der Waals surface area (Å²) in [6.45, 7) is 4.81. The van der Waals surface area contributed by atoms with Gasteiger partial charge in [-0.15, -0.1) is 0 Å². The number of ether oxygens (including phenoxy) is 1. The van der Waals surface area contributed by atoms with Gasteiger partial charge in [-0.25, -0.2) is 15.0 Å². The van der Waals surface area contributed by atoms with Crippen LogP contribution < -0.4 is 9.64 Å². The fourth-order valence-electron chi connectivity index (χ4n) is 4.18. The number of fused-ring (bicyclic) bond motifs is 1. The highest BCUT2D eigenvalue weighted by molar-refractivity contribution is 5.86. The number of anilines is 1. The average Bonchev–Trinajstić information content (AvgIpc) is 3.43. The lowest BCUT2D eigenvalue weighted by Crippen LogP contribution is -2.46. The molecule has 7 nitrogen and oxygen atoms in total. The van der Waals surface area contributed by atoms with Gasteiger partial charge in [-0.1, -0.05) is 0 Å². The van der Waals surface area contributed by atoms with Crippen LogP contribution in [-0.2, 0) is 6.54 Å². The van der Waals surface area contributed by atoms with Crippen molar-refractivity contribution >= 4 is 16.6 Å². The van der Waals surface area contributed by atoms with Crippen LogP contribution in [0.3, 0.4) is 0 Å². The van der Waals surface area contributed by atoms with Gasteiger partial charge >= 0.3 is 0 Å². The molecule has 3 aromatic rings. The van der Waals surface area contributed by atoms with E-state index in [9.17, 15) is 0 Å². The van der Waals surface area contributed by atoms with Crippen LogP contribution in [0, 0.1) is 0 Å². The van der Waals surface area contributed by atoms with Crippen molar-refractivity contribution in [2.75, 3.05) is 31.1 Å². The molecule has 0 spiro atoms. The van der Waals surface area contributed by atoms with Crippen molar-refractivity contribution in [3.63, 3.8) is 0 Å². The Morgan fingerprint density at radius 1 is 1.04 bits per heavy atom. The number of hydrogen-bond acceptors (Lipinski definition) is 7. The van der Waals surface area contributed by atoms with E-state index >= 15 is 0 Å². The molecule has 1 saturated carbocycles. The standard InChI is InChI=1S/C21H25N5O2/c1-2-4-18(3-1)28-21-19-11-17(5-6-20(19)22-14-23-21)26-9-7-25(8-10-26)12-16-13-27-15-24-16/h5-6,11,13-15,18H,1-4,7-10,12H2. The molecular weight excluding hydrogens is 354 g/mol. The van der Waals surface area contributed by atoms with Gasteiger partial charge in [0.2, 0.25) is 5.88 Å². The number of benzene rings is 1. The number of nitrogens with zero attached hydrogens (tertiary/aromatic N) is 5. The first-order chi connectivity index (χ1) is 13.8. The first-order valence-corrected chi connectivity index (χ1v) is 10.1. The van der Waals surface area contributed by atoms with E-state index in [1.54, 1.807) is 12.6 Å². The van der Waals surface area contributed by atoms with Crippen LogP contribution in [-0.4, -0.2) is 52.1 Å². The van der Waals surface area contributed by atoms with Gasteiger partial charge < -0.3 is 14.1 Å². The van der Waals surface area contributed by atoms with Crippen LogP contribution in [0.4, 0.5) is 5.69 Å².